The van der Waals surface area contributed by atoms with Gasteiger partial charge in [0.05, 0.1) is 30.1 Å². The number of aromatic nitrogens is 4. The number of carboxylic acids is 1. The Balaban J connectivity index is 0.000000479. The van der Waals surface area contributed by atoms with Crippen molar-refractivity contribution >= 4 is 40.1 Å². The fraction of sp³-hybridized carbons (Fsp3) is 0.316. The molecular weight excluding hydrogens is 447 g/mol. The van der Waals surface area contributed by atoms with Crippen LogP contribution < -0.4 is 10.6 Å². The molecule has 2 amide bonds. The number of benzene rings is 1. The molecule has 1 aromatic carbocycles. The molecule has 0 aliphatic heterocycles. The summed E-state index contributed by atoms with van der Waals surface area (Å²) in [6.07, 6.45) is -0.138. The van der Waals surface area contributed by atoms with Crippen molar-refractivity contribution in [1.82, 2.24) is 24.5 Å². The van der Waals surface area contributed by atoms with Crippen LogP contribution in [-0.4, -0.2) is 74.2 Å². The van der Waals surface area contributed by atoms with Crippen molar-refractivity contribution in [2.75, 3.05) is 31.3 Å². The van der Waals surface area contributed by atoms with E-state index in [9.17, 15) is 22.8 Å². The molecule has 0 aliphatic carbocycles. The summed E-state index contributed by atoms with van der Waals surface area (Å²) in [4.78, 5) is 35.1. The molecule has 0 aliphatic rings. The molecule has 33 heavy (non-hydrogen) atoms. The number of rotatable bonds is 5. The van der Waals surface area contributed by atoms with Crippen molar-refractivity contribution in [3.8, 4) is 0 Å². The normalized spacial score (nSPS) is 11.1. The topological polar surface area (TPSA) is 134 Å². The Hall–Kier alpha value is -3.94. The van der Waals surface area contributed by atoms with E-state index >= 15 is 0 Å². The molecule has 2 aromatic heterocycles. The zero-order valence-electron chi connectivity index (χ0n) is 17.9. The van der Waals surface area contributed by atoms with E-state index in [1.165, 1.54) is 6.20 Å². The zero-order valence-corrected chi connectivity index (χ0v) is 17.9. The Bertz CT molecular complexity index is 1140. The first-order valence-corrected chi connectivity index (χ1v) is 9.38. The minimum absolute atomic E-state index is 0.478. The first-order valence-electron chi connectivity index (χ1n) is 9.38. The third-order valence-electron chi connectivity index (χ3n) is 4.12. The van der Waals surface area contributed by atoms with E-state index in [2.05, 4.69) is 20.8 Å². The molecule has 0 fully saturated rings. The van der Waals surface area contributed by atoms with Crippen LogP contribution in [0.5, 0.6) is 0 Å². The van der Waals surface area contributed by atoms with Gasteiger partial charge in [0.15, 0.2) is 0 Å². The lowest BCUT2D eigenvalue weighted by molar-refractivity contribution is -0.192. The Morgan fingerprint density at radius 2 is 1.67 bits per heavy atom. The van der Waals surface area contributed by atoms with Crippen LogP contribution in [0.4, 0.5) is 24.5 Å². The van der Waals surface area contributed by atoms with E-state index in [-0.39, 0.29) is 0 Å². The summed E-state index contributed by atoms with van der Waals surface area (Å²) in [7, 11) is 5.76. The summed E-state index contributed by atoms with van der Waals surface area (Å²) in [5, 5.41) is 21.5. The lowest BCUT2D eigenvalue weighted by atomic mass is 10.2. The van der Waals surface area contributed by atoms with Crippen LogP contribution in [-0.2, 0) is 28.0 Å². The maximum atomic E-state index is 12.1. The van der Waals surface area contributed by atoms with Gasteiger partial charge in [0.2, 0.25) is 0 Å². The molecular formula is C19H22F3N7O4. The highest BCUT2D eigenvalue weighted by Gasteiger charge is 2.38. The zero-order chi connectivity index (χ0) is 24.8. The van der Waals surface area contributed by atoms with E-state index in [0.717, 1.165) is 17.4 Å². The highest BCUT2D eigenvalue weighted by Crippen LogP contribution is 2.18. The van der Waals surface area contributed by atoms with Gasteiger partial charge in [0, 0.05) is 30.9 Å². The number of carbonyl (C=O) groups excluding carboxylic acids is 2. The molecule has 0 atom stereocenters. The maximum absolute atomic E-state index is 12.1. The molecule has 3 rings (SSSR count). The number of hydrogen-bond donors (Lipinski definition) is 3. The number of halogens is 3. The van der Waals surface area contributed by atoms with E-state index < -0.39 is 24.0 Å². The predicted molar refractivity (Wildman–Crippen MR) is 112 cm³/mol. The largest absolute Gasteiger partial charge is 0.490 e. The lowest BCUT2D eigenvalue weighted by Gasteiger charge is -2.08. The minimum atomic E-state index is -5.08. The second-order valence-electron chi connectivity index (χ2n) is 7.05. The Morgan fingerprint density at radius 3 is 2.24 bits per heavy atom. The molecule has 3 aromatic rings. The first-order chi connectivity index (χ1) is 15.4. The van der Waals surface area contributed by atoms with E-state index in [4.69, 9.17) is 9.90 Å². The van der Waals surface area contributed by atoms with Crippen molar-refractivity contribution in [2.45, 2.75) is 12.7 Å². The van der Waals surface area contributed by atoms with Gasteiger partial charge in [0.25, 0.3) is 0 Å². The number of nitrogens with one attached hydrogen (secondary N) is 2. The smallest absolute Gasteiger partial charge is 0.475 e. The van der Waals surface area contributed by atoms with Crippen molar-refractivity contribution in [3.05, 3.63) is 36.8 Å². The van der Waals surface area contributed by atoms with Gasteiger partial charge in [-0.05, 0) is 32.3 Å². The predicted octanol–water partition coefficient (Wildman–Crippen LogP) is 1.54. The molecule has 0 spiro atoms. The number of carboxylic acid groups (broad SMARTS) is 1. The van der Waals surface area contributed by atoms with Gasteiger partial charge in [-0.2, -0.15) is 23.4 Å². The molecule has 14 heteroatoms. The molecule has 0 bridgehead atoms. The summed E-state index contributed by atoms with van der Waals surface area (Å²) >= 11 is 0. The van der Waals surface area contributed by atoms with E-state index in [0.29, 0.717) is 17.9 Å². The highest BCUT2D eigenvalue weighted by molar-refractivity contribution is 6.43. The molecule has 0 saturated carbocycles. The number of alkyl halides is 3. The SMILES string of the molecule is CN(C)CCn1cc(NC(=O)C(=O)Nc2ccc3cnn(C)c3c2)cn1.O=C(O)C(F)(F)F. The molecule has 178 valence electrons. The van der Waals surface area contributed by atoms with Crippen LogP contribution in [0, 0.1) is 0 Å². The summed E-state index contributed by atoms with van der Waals surface area (Å²) < 4.78 is 35.1. The number of carbonyl (C=O) groups is 3. The number of amides is 2. The second kappa shape index (κ2) is 10.6. The van der Waals surface area contributed by atoms with Gasteiger partial charge in [0.1, 0.15) is 0 Å². The number of likely N-dealkylation sites (N-methyl/N-ethyl adjacent to an activating group) is 1. The van der Waals surface area contributed by atoms with Crippen LogP contribution in [0.25, 0.3) is 10.9 Å². The third kappa shape index (κ3) is 7.60. The molecule has 11 nitrogen and oxygen atoms in total. The van der Waals surface area contributed by atoms with E-state index in [1.807, 2.05) is 32.1 Å². The summed E-state index contributed by atoms with van der Waals surface area (Å²) in [5.74, 6) is -4.25. The van der Waals surface area contributed by atoms with Crippen molar-refractivity contribution < 1.29 is 32.7 Å². The van der Waals surface area contributed by atoms with Gasteiger partial charge < -0.3 is 20.6 Å². The van der Waals surface area contributed by atoms with Crippen molar-refractivity contribution in [3.63, 3.8) is 0 Å². The number of aliphatic carboxylic acids is 1. The summed E-state index contributed by atoms with van der Waals surface area (Å²) in [6, 6.07) is 5.34. The highest BCUT2D eigenvalue weighted by atomic mass is 19.4. The standard InChI is InChI=1S/C17H21N7O2.C2HF3O2/c1-22(2)6-7-24-11-14(10-19-24)21-17(26)16(25)20-13-5-4-12-9-18-23(3)15(12)8-13;3-2(4,5)1(6)7/h4-5,8-11H,6-7H2,1-3H3,(H,20,25)(H,21,26);(H,6,7). The number of nitrogens with zero attached hydrogens (tertiary/aromatic N) is 5. The van der Waals surface area contributed by atoms with Crippen LogP contribution in [0.3, 0.4) is 0 Å². The second-order valence-corrected chi connectivity index (χ2v) is 7.05. The average Bonchev–Trinajstić information content (AvgIpc) is 3.32. The maximum Gasteiger partial charge on any atom is 0.490 e. The average molecular weight is 469 g/mol. The van der Waals surface area contributed by atoms with Crippen LogP contribution in [0.15, 0.2) is 36.8 Å². The van der Waals surface area contributed by atoms with Gasteiger partial charge in [-0.1, -0.05) is 0 Å². The summed E-state index contributed by atoms with van der Waals surface area (Å²) in [6.45, 7) is 1.52. The summed E-state index contributed by atoms with van der Waals surface area (Å²) in [5.41, 5.74) is 1.87. The quantitative estimate of drug-likeness (QED) is 0.483. The molecule has 0 unspecified atom stereocenters. The Labute approximate surface area is 185 Å². The van der Waals surface area contributed by atoms with E-state index in [1.54, 1.807) is 33.9 Å². The Kier molecular flexibility index (Phi) is 8.12. The van der Waals surface area contributed by atoms with Crippen molar-refractivity contribution in [1.29, 1.82) is 0 Å². The number of fused-ring (bicyclic) bond motifs is 1. The fourth-order valence-corrected chi connectivity index (χ4v) is 2.45. The third-order valence-corrected chi connectivity index (χ3v) is 4.12. The van der Waals surface area contributed by atoms with Gasteiger partial charge in [-0.3, -0.25) is 19.0 Å². The fourth-order valence-electron chi connectivity index (χ4n) is 2.45. The molecule has 3 N–H and O–H groups in total. The van der Waals surface area contributed by atoms with Gasteiger partial charge >= 0.3 is 24.0 Å². The first kappa shape index (κ1) is 25.3. The Morgan fingerprint density at radius 1 is 1.06 bits per heavy atom. The van der Waals surface area contributed by atoms with Gasteiger partial charge in [-0.25, -0.2) is 4.79 Å². The van der Waals surface area contributed by atoms with Crippen LogP contribution >= 0.6 is 0 Å². The minimum Gasteiger partial charge on any atom is -0.475 e. The lowest BCUT2D eigenvalue weighted by Crippen LogP contribution is -2.28. The van der Waals surface area contributed by atoms with Gasteiger partial charge in [-0.15, -0.1) is 0 Å². The van der Waals surface area contributed by atoms with Crippen LogP contribution in [0.2, 0.25) is 0 Å². The number of aryl methyl sites for hydroxylation is 1. The molecule has 2 heterocycles. The molecule has 0 saturated heterocycles. The monoisotopic (exact) mass is 469 g/mol. The van der Waals surface area contributed by atoms with Crippen molar-refractivity contribution in [2.24, 2.45) is 7.05 Å². The number of anilines is 2. The molecule has 0 radical (unpaired) electrons. The van der Waals surface area contributed by atoms with Crippen LogP contribution in [0.1, 0.15) is 0 Å². The number of hydrogen-bond acceptors (Lipinski definition) is 6.